The van der Waals surface area contributed by atoms with Crippen molar-refractivity contribution < 1.29 is 9.90 Å². The zero-order valence-corrected chi connectivity index (χ0v) is 14.6. The van der Waals surface area contributed by atoms with Crippen LogP contribution in [0.1, 0.15) is 30.6 Å². The number of anilines is 1. The normalized spacial score (nSPS) is 11.0. The van der Waals surface area contributed by atoms with Crippen LogP contribution in [0.25, 0.3) is 10.9 Å². The molecule has 3 aromatic rings. The maximum Gasteiger partial charge on any atom is 0.267 e. The van der Waals surface area contributed by atoms with Gasteiger partial charge in [-0.2, -0.15) is 0 Å². The van der Waals surface area contributed by atoms with Crippen molar-refractivity contribution in [2.24, 2.45) is 5.92 Å². The van der Waals surface area contributed by atoms with Crippen molar-refractivity contribution >= 4 is 22.8 Å². The molecule has 1 amide bonds. The third-order valence-electron chi connectivity index (χ3n) is 4.09. The second-order valence-corrected chi connectivity index (χ2v) is 6.41. The molecule has 134 valence electrons. The third kappa shape index (κ3) is 3.42. The Morgan fingerprint density at radius 3 is 2.58 bits per heavy atom. The highest BCUT2D eigenvalue weighted by molar-refractivity contribution is 6.08. The molecule has 0 aliphatic carbocycles. The second kappa shape index (κ2) is 7.35. The molecular formula is C19H20N4O3. The van der Waals surface area contributed by atoms with Crippen molar-refractivity contribution in [3.05, 3.63) is 58.6 Å². The number of rotatable bonds is 5. The molecule has 0 saturated carbocycles. The summed E-state index contributed by atoms with van der Waals surface area (Å²) in [5.41, 5.74) is -0.238. The molecule has 0 fully saturated rings. The van der Waals surface area contributed by atoms with E-state index in [-0.39, 0.29) is 17.3 Å². The summed E-state index contributed by atoms with van der Waals surface area (Å²) in [6.07, 6.45) is 3.73. The number of aromatic hydroxyl groups is 1. The maximum absolute atomic E-state index is 12.9. The van der Waals surface area contributed by atoms with E-state index in [4.69, 9.17) is 0 Å². The highest BCUT2D eigenvalue weighted by Crippen LogP contribution is 2.27. The molecule has 2 N–H and O–H groups in total. The van der Waals surface area contributed by atoms with Crippen LogP contribution in [0.3, 0.4) is 0 Å². The zero-order chi connectivity index (χ0) is 18.7. The van der Waals surface area contributed by atoms with Gasteiger partial charge in [0.2, 0.25) is 5.95 Å². The second-order valence-electron chi connectivity index (χ2n) is 6.41. The van der Waals surface area contributed by atoms with E-state index >= 15 is 0 Å². The average molecular weight is 352 g/mol. The maximum atomic E-state index is 12.9. The summed E-state index contributed by atoms with van der Waals surface area (Å²) in [5.74, 6) is -0.606. The average Bonchev–Trinajstić information content (AvgIpc) is 2.62. The molecule has 2 aromatic heterocycles. The SMILES string of the molecule is CC(C)CCn1c(=O)c(C(=O)Nc2ncccn2)c(O)c2ccccc21. The number of hydrogen-bond donors (Lipinski definition) is 2. The van der Waals surface area contributed by atoms with Crippen LogP contribution in [0.15, 0.2) is 47.5 Å². The summed E-state index contributed by atoms with van der Waals surface area (Å²) in [6, 6.07) is 8.61. The quantitative estimate of drug-likeness (QED) is 0.736. The van der Waals surface area contributed by atoms with E-state index in [1.807, 2.05) is 0 Å². The van der Waals surface area contributed by atoms with Gasteiger partial charge in [-0.15, -0.1) is 0 Å². The van der Waals surface area contributed by atoms with Gasteiger partial charge in [-0.3, -0.25) is 14.9 Å². The van der Waals surface area contributed by atoms with E-state index in [1.165, 1.54) is 17.0 Å². The van der Waals surface area contributed by atoms with E-state index in [0.29, 0.717) is 23.4 Å². The number of carbonyl (C=O) groups is 1. The number of benzene rings is 1. The van der Waals surface area contributed by atoms with Crippen molar-refractivity contribution in [2.75, 3.05) is 5.32 Å². The molecule has 7 nitrogen and oxygen atoms in total. The lowest BCUT2D eigenvalue weighted by Gasteiger charge is -2.15. The first-order valence-electron chi connectivity index (χ1n) is 8.42. The molecule has 2 heterocycles. The number of pyridine rings is 1. The molecule has 7 heteroatoms. The Morgan fingerprint density at radius 1 is 1.19 bits per heavy atom. The Hall–Kier alpha value is -3.22. The number of aryl methyl sites for hydroxylation is 1. The van der Waals surface area contributed by atoms with E-state index in [0.717, 1.165) is 6.42 Å². The molecule has 0 aliphatic rings. The van der Waals surface area contributed by atoms with Crippen LogP contribution in [0.4, 0.5) is 5.95 Å². The first kappa shape index (κ1) is 17.6. The van der Waals surface area contributed by atoms with Gasteiger partial charge in [0.05, 0.1) is 5.52 Å². The molecule has 1 aromatic carbocycles. The number of fused-ring (bicyclic) bond motifs is 1. The van der Waals surface area contributed by atoms with Gasteiger partial charge in [0.15, 0.2) is 0 Å². The highest BCUT2D eigenvalue weighted by Gasteiger charge is 2.22. The molecular weight excluding hydrogens is 332 g/mol. The van der Waals surface area contributed by atoms with Crippen molar-refractivity contribution in [3.8, 4) is 5.75 Å². The summed E-state index contributed by atoms with van der Waals surface area (Å²) in [6.45, 7) is 4.58. The summed E-state index contributed by atoms with van der Waals surface area (Å²) in [7, 11) is 0. The highest BCUT2D eigenvalue weighted by atomic mass is 16.3. The Balaban J connectivity index is 2.12. The Labute approximate surface area is 150 Å². The summed E-state index contributed by atoms with van der Waals surface area (Å²) >= 11 is 0. The summed E-state index contributed by atoms with van der Waals surface area (Å²) < 4.78 is 1.54. The van der Waals surface area contributed by atoms with Crippen molar-refractivity contribution in [2.45, 2.75) is 26.8 Å². The van der Waals surface area contributed by atoms with Crippen molar-refractivity contribution in [1.29, 1.82) is 0 Å². The fraction of sp³-hybridized carbons (Fsp3) is 0.263. The number of hydrogen-bond acceptors (Lipinski definition) is 5. The smallest absolute Gasteiger partial charge is 0.267 e. The lowest BCUT2D eigenvalue weighted by atomic mass is 10.1. The molecule has 26 heavy (non-hydrogen) atoms. The minimum Gasteiger partial charge on any atom is -0.506 e. The van der Waals surface area contributed by atoms with Gasteiger partial charge in [0, 0.05) is 24.3 Å². The van der Waals surface area contributed by atoms with Gasteiger partial charge in [-0.05, 0) is 30.5 Å². The van der Waals surface area contributed by atoms with Crippen LogP contribution >= 0.6 is 0 Å². The third-order valence-corrected chi connectivity index (χ3v) is 4.09. The number of aromatic nitrogens is 3. The Bertz CT molecular complexity index is 997. The number of carbonyl (C=O) groups excluding carboxylic acids is 1. The monoisotopic (exact) mass is 352 g/mol. The topological polar surface area (TPSA) is 97.1 Å². The van der Waals surface area contributed by atoms with Gasteiger partial charge in [0.1, 0.15) is 11.3 Å². The molecule has 0 saturated heterocycles. The van der Waals surface area contributed by atoms with Crippen LogP contribution in [0.5, 0.6) is 5.75 Å². The fourth-order valence-electron chi connectivity index (χ4n) is 2.73. The predicted octanol–water partition coefficient (Wildman–Crippen LogP) is 2.80. The van der Waals surface area contributed by atoms with Crippen LogP contribution in [-0.4, -0.2) is 25.5 Å². The van der Waals surface area contributed by atoms with Crippen LogP contribution in [-0.2, 0) is 6.54 Å². The van der Waals surface area contributed by atoms with Gasteiger partial charge < -0.3 is 9.67 Å². The van der Waals surface area contributed by atoms with Gasteiger partial charge in [0.25, 0.3) is 11.5 Å². The molecule has 0 spiro atoms. The van der Waals surface area contributed by atoms with Crippen molar-refractivity contribution in [1.82, 2.24) is 14.5 Å². The van der Waals surface area contributed by atoms with Crippen molar-refractivity contribution in [3.63, 3.8) is 0 Å². The lowest BCUT2D eigenvalue weighted by Crippen LogP contribution is -2.30. The van der Waals surface area contributed by atoms with Gasteiger partial charge in [-0.1, -0.05) is 26.0 Å². The molecule has 0 radical (unpaired) electrons. The van der Waals surface area contributed by atoms with Gasteiger partial charge in [-0.25, -0.2) is 9.97 Å². The Kier molecular flexibility index (Phi) is 4.97. The first-order chi connectivity index (χ1) is 12.5. The predicted molar refractivity (Wildman–Crippen MR) is 99.3 cm³/mol. The van der Waals surface area contributed by atoms with E-state index in [1.54, 1.807) is 30.3 Å². The summed E-state index contributed by atoms with van der Waals surface area (Å²) in [4.78, 5) is 33.4. The van der Waals surface area contributed by atoms with Crippen LogP contribution in [0, 0.1) is 5.92 Å². The number of amides is 1. The lowest BCUT2D eigenvalue weighted by molar-refractivity contribution is 0.102. The molecule has 0 bridgehead atoms. The first-order valence-corrected chi connectivity index (χ1v) is 8.42. The van der Waals surface area contributed by atoms with E-state index < -0.39 is 11.5 Å². The number of para-hydroxylation sites is 1. The molecule has 0 atom stereocenters. The zero-order valence-electron chi connectivity index (χ0n) is 14.6. The molecule has 3 rings (SSSR count). The largest absolute Gasteiger partial charge is 0.506 e. The minimum absolute atomic E-state index is 0.0678. The minimum atomic E-state index is -0.734. The number of nitrogens with one attached hydrogen (secondary N) is 1. The van der Waals surface area contributed by atoms with E-state index in [2.05, 4.69) is 29.1 Å². The van der Waals surface area contributed by atoms with Gasteiger partial charge >= 0.3 is 0 Å². The standard InChI is InChI=1S/C19H20N4O3/c1-12(2)8-11-23-14-7-4-3-6-13(14)16(24)15(18(23)26)17(25)22-19-20-9-5-10-21-19/h3-7,9-10,12,24H,8,11H2,1-2H3,(H,20,21,22,25). The number of nitrogens with zero attached hydrogens (tertiary/aromatic N) is 3. The van der Waals surface area contributed by atoms with Crippen LogP contribution < -0.4 is 10.9 Å². The van der Waals surface area contributed by atoms with E-state index in [9.17, 15) is 14.7 Å². The van der Waals surface area contributed by atoms with Crippen LogP contribution in [0.2, 0.25) is 0 Å². The fourth-order valence-corrected chi connectivity index (χ4v) is 2.73. The molecule has 0 aliphatic heterocycles. The Morgan fingerprint density at radius 2 is 1.88 bits per heavy atom. The molecule has 0 unspecified atom stereocenters. The summed E-state index contributed by atoms with van der Waals surface area (Å²) in [5, 5.41) is 13.5.